The van der Waals surface area contributed by atoms with Crippen LogP contribution in [0.5, 0.6) is 0 Å². The van der Waals surface area contributed by atoms with Gasteiger partial charge in [0.25, 0.3) is 0 Å². The average molecular weight is 480 g/mol. The smallest absolute Gasteiger partial charge is 0.338 e. The van der Waals surface area contributed by atoms with Crippen LogP contribution in [-0.2, 0) is 47.7 Å². The second-order valence-electron chi connectivity index (χ2n) is 9.00. The average Bonchev–Trinajstić information content (AvgIpc) is 3.30. The summed E-state index contributed by atoms with van der Waals surface area (Å²) in [6, 6.07) is 0. The summed E-state index contributed by atoms with van der Waals surface area (Å²) >= 11 is 0. The quantitative estimate of drug-likeness (QED) is 0.244. The van der Waals surface area contributed by atoms with E-state index in [0.29, 0.717) is 0 Å². The van der Waals surface area contributed by atoms with Crippen molar-refractivity contribution in [2.45, 2.75) is 76.5 Å². The van der Waals surface area contributed by atoms with E-state index in [2.05, 4.69) is 6.58 Å². The van der Waals surface area contributed by atoms with Crippen LogP contribution in [0.2, 0.25) is 0 Å². The number of aliphatic hydroxyl groups is 1. The van der Waals surface area contributed by atoms with Crippen molar-refractivity contribution in [1.29, 1.82) is 0 Å². The van der Waals surface area contributed by atoms with Gasteiger partial charge in [-0.3, -0.25) is 14.4 Å². The number of fused-ring (bicyclic) bond motifs is 3. The third kappa shape index (κ3) is 5.05. The standard InChI is InChI=1S/C23H28O11/c1-11(9-24)20(28)31-15-8-23(5,33-13(3)26)16(27)6-7-22(4)19(34-22)18-17(15)14(21(29)32-18)10-30-12(2)25/h15,18-19,24H,1,6-10H2,2-5H3. The first-order valence-electron chi connectivity index (χ1n) is 10.8. The predicted molar refractivity (Wildman–Crippen MR) is 112 cm³/mol. The van der Waals surface area contributed by atoms with E-state index in [1.54, 1.807) is 6.92 Å². The second-order valence-corrected chi connectivity index (χ2v) is 9.00. The Morgan fingerprint density at radius 3 is 2.44 bits per heavy atom. The predicted octanol–water partition coefficient (Wildman–Crippen LogP) is 0.464. The van der Waals surface area contributed by atoms with Crippen LogP contribution in [0, 0.1) is 0 Å². The van der Waals surface area contributed by atoms with Crippen molar-refractivity contribution in [3.63, 3.8) is 0 Å². The van der Waals surface area contributed by atoms with Gasteiger partial charge in [0.15, 0.2) is 17.5 Å². The van der Waals surface area contributed by atoms with Gasteiger partial charge in [0.2, 0.25) is 0 Å². The number of epoxide rings is 1. The number of aliphatic hydroxyl groups excluding tert-OH is 1. The minimum atomic E-state index is -1.72. The third-order valence-electron chi connectivity index (χ3n) is 6.23. The highest BCUT2D eigenvalue weighted by Crippen LogP contribution is 2.50. The van der Waals surface area contributed by atoms with Gasteiger partial charge in [-0.05, 0) is 20.3 Å². The molecule has 0 aromatic carbocycles. The first-order chi connectivity index (χ1) is 15.8. The van der Waals surface area contributed by atoms with Crippen LogP contribution in [-0.4, -0.2) is 77.5 Å². The summed E-state index contributed by atoms with van der Waals surface area (Å²) in [6.07, 6.45) is -3.00. The van der Waals surface area contributed by atoms with Crippen LogP contribution in [0.3, 0.4) is 0 Å². The summed E-state index contributed by atoms with van der Waals surface area (Å²) in [6.45, 7) is 7.74. The molecule has 0 spiro atoms. The van der Waals surface area contributed by atoms with Gasteiger partial charge in [-0.15, -0.1) is 0 Å². The number of ether oxygens (including phenoxy) is 5. The van der Waals surface area contributed by atoms with Crippen molar-refractivity contribution in [2.75, 3.05) is 13.2 Å². The number of carbonyl (C=O) groups excluding carboxylic acids is 5. The molecular weight excluding hydrogens is 452 g/mol. The van der Waals surface area contributed by atoms with Gasteiger partial charge in [-0.2, -0.15) is 0 Å². The number of esters is 4. The fourth-order valence-electron chi connectivity index (χ4n) is 4.30. The highest BCUT2D eigenvalue weighted by molar-refractivity contribution is 5.95. The molecule has 2 aliphatic heterocycles. The van der Waals surface area contributed by atoms with Crippen LogP contribution < -0.4 is 0 Å². The largest absolute Gasteiger partial charge is 0.461 e. The maximum atomic E-state index is 13.2. The normalized spacial score (nSPS) is 32.7. The Bertz CT molecular complexity index is 979. The molecule has 1 saturated carbocycles. The maximum absolute atomic E-state index is 13.2. The van der Waals surface area contributed by atoms with E-state index in [1.807, 2.05) is 0 Å². The monoisotopic (exact) mass is 480 g/mol. The van der Waals surface area contributed by atoms with Crippen molar-refractivity contribution in [2.24, 2.45) is 0 Å². The lowest BCUT2D eigenvalue weighted by Crippen LogP contribution is -2.47. The van der Waals surface area contributed by atoms with Crippen LogP contribution in [0.1, 0.15) is 47.0 Å². The van der Waals surface area contributed by atoms with Crippen molar-refractivity contribution in [1.82, 2.24) is 0 Å². The molecule has 0 bridgehead atoms. The topological polar surface area (TPSA) is 155 Å². The minimum absolute atomic E-state index is 0.000807. The Morgan fingerprint density at radius 1 is 1.18 bits per heavy atom. The van der Waals surface area contributed by atoms with E-state index in [1.165, 1.54) is 6.92 Å². The molecule has 5 unspecified atom stereocenters. The van der Waals surface area contributed by atoms with Crippen LogP contribution in [0.4, 0.5) is 0 Å². The van der Waals surface area contributed by atoms with E-state index in [4.69, 9.17) is 23.7 Å². The zero-order valence-corrected chi connectivity index (χ0v) is 19.5. The van der Waals surface area contributed by atoms with E-state index < -0.39 is 72.4 Å². The van der Waals surface area contributed by atoms with E-state index >= 15 is 0 Å². The second kappa shape index (κ2) is 9.30. The highest BCUT2D eigenvalue weighted by Gasteiger charge is 2.63. The molecule has 3 rings (SSSR count). The Hall–Kier alpha value is -3.05. The fourth-order valence-corrected chi connectivity index (χ4v) is 4.30. The number of rotatable bonds is 6. The molecule has 1 N–H and O–H groups in total. The number of hydrogen-bond acceptors (Lipinski definition) is 11. The molecule has 0 amide bonds. The third-order valence-corrected chi connectivity index (χ3v) is 6.23. The molecule has 5 atom stereocenters. The fraction of sp³-hybridized carbons (Fsp3) is 0.609. The number of ketones is 1. The van der Waals surface area contributed by atoms with Gasteiger partial charge < -0.3 is 28.8 Å². The molecule has 2 fully saturated rings. The molecular formula is C23H28O11. The first-order valence-corrected chi connectivity index (χ1v) is 10.8. The number of Topliss-reactive ketones (excluding diaryl/α,β-unsaturated/α-hetero) is 1. The maximum Gasteiger partial charge on any atom is 0.338 e. The van der Waals surface area contributed by atoms with Gasteiger partial charge in [0.05, 0.1) is 23.4 Å². The summed E-state index contributed by atoms with van der Waals surface area (Å²) in [7, 11) is 0. The van der Waals surface area contributed by atoms with Crippen molar-refractivity contribution >= 4 is 29.7 Å². The summed E-state index contributed by atoms with van der Waals surface area (Å²) in [5.74, 6) is -3.58. The molecule has 186 valence electrons. The van der Waals surface area contributed by atoms with Crippen LogP contribution in [0.25, 0.3) is 0 Å². The van der Waals surface area contributed by atoms with E-state index in [-0.39, 0.29) is 36.0 Å². The summed E-state index contributed by atoms with van der Waals surface area (Å²) in [5.41, 5.74) is -2.73. The number of hydrogen-bond donors (Lipinski definition) is 1. The lowest BCUT2D eigenvalue weighted by Gasteiger charge is -2.34. The summed E-state index contributed by atoms with van der Waals surface area (Å²) < 4.78 is 27.3. The molecule has 2 heterocycles. The summed E-state index contributed by atoms with van der Waals surface area (Å²) in [5, 5.41) is 9.30. The Kier molecular flexibility index (Phi) is 6.99. The SMILES string of the molecule is C=C(CO)C(=O)OC1CC(C)(OC(C)=O)C(=O)CCC2(C)OC2C2OC(=O)C(COC(C)=O)=C12. The van der Waals surface area contributed by atoms with Crippen LogP contribution >= 0.6 is 0 Å². The zero-order chi connectivity index (χ0) is 25.4. The van der Waals surface area contributed by atoms with Crippen molar-refractivity contribution in [3.05, 3.63) is 23.3 Å². The van der Waals surface area contributed by atoms with Gasteiger partial charge >= 0.3 is 23.9 Å². The molecule has 1 aliphatic carbocycles. The number of carbonyl (C=O) groups is 5. The van der Waals surface area contributed by atoms with Gasteiger partial charge in [0, 0.05) is 32.3 Å². The van der Waals surface area contributed by atoms with E-state index in [0.717, 1.165) is 13.8 Å². The van der Waals surface area contributed by atoms with Gasteiger partial charge in [0.1, 0.15) is 18.8 Å². The zero-order valence-electron chi connectivity index (χ0n) is 19.5. The molecule has 1 saturated heterocycles. The first kappa shape index (κ1) is 25.6. The minimum Gasteiger partial charge on any atom is -0.461 e. The van der Waals surface area contributed by atoms with Crippen molar-refractivity contribution < 1.29 is 52.8 Å². The van der Waals surface area contributed by atoms with E-state index in [9.17, 15) is 29.1 Å². The highest BCUT2D eigenvalue weighted by atomic mass is 16.7. The molecule has 11 nitrogen and oxygen atoms in total. The Balaban J connectivity index is 2.14. The summed E-state index contributed by atoms with van der Waals surface area (Å²) in [4.78, 5) is 61.8. The molecule has 3 aliphatic rings. The molecule has 0 aromatic heterocycles. The van der Waals surface area contributed by atoms with Gasteiger partial charge in [-0.1, -0.05) is 6.58 Å². The molecule has 34 heavy (non-hydrogen) atoms. The Labute approximate surface area is 196 Å². The van der Waals surface area contributed by atoms with Gasteiger partial charge in [-0.25, -0.2) is 9.59 Å². The Morgan fingerprint density at radius 2 is 1.85 bits per heavy atom. The van der Waals surface area contributed by atoms with Crippen molar-refractivity contribution in [3.8, 4) is 0 Å². The lowest BCUT2D eigenvalue weighted by molar-refractivity contribution is -0.169. The molecule has 0 aromatic rings. The molecule has 0 radical (unpaired) electrons. The van der Waals surface area contributed by atoms with Crippen LogP contribution in [0.15, 0.2) is 23.3 Å². The lowest BCUT2D eigenvalue weighted by atomic mass is 9.80. The molecule has 11 heteroatoms.